The van der Waals surface area contributed by atoms with Crippen molar-refractivity contribution in [3.8, 4) is 6.07 Å². The molecule has 1 heterocycles. The highest BCUT2D eigenvalue weighted by atomic mass is 16.1. The van der Waals surface area contributed by atoms with Gasteiger partial charge in [-0.25, -0.2) is 0 Å². The maximum Gasteiger partial charge on any atom is 0.262 e. The standard InChI is InChI=1S/C25H32N4O/c1-6-19-7-9-20(10-8-19)24(28(4)5)16-27-25(30)22(15-26)14-21-13-17(2)29(18(21)3)23-11-12-23/h7-10,13-14,23-24H,6,11-12,16H2,1-5H3,(H,27,30)/b22-14-/t24-/m0/s1. The van der Waals surface area contributed by atoms with E-state index in [0.29, 0.717) is 12.6 Å². The van der Waals surface area contributed by atoms with E-state index in [4.69, 9.17) is 0 Å². The summed E-state index contributed by atoms with van der Waals surface area (Å²) < 4.78 is 2.32. The number of rotatable bonds is 8. The van der Waals surface area contributed by atoms with Crippen LogP contribution in [0.2, 0.25) is 0 Å². The number of hydrogen-bond acceptors (Lipinski definition) is 3. The van der Waals surface area contributed by atoms with Crippen LogP contribution < -0.4 is 5.32 Å². The number of nitriles is 1. The first kappa shape index (κ1) is 21.9. The van der Waals surface area contributed by atoms with Gasteiger partial charge in [-0.15, -0.1) is 0 Å². The van der Waals surface area contributed by atoms with Gasteiger partial charge < -0.3 is 14.8 Å². The van der Waals surface area contributed by atoms with Crippen LogP contribution in [0, 0.1) is 25.2 Å². The molecule has 0 unspecified atom stereocenters. The van der Waals surface area contributed by atoms with E-state index in [9.17, 15) is 10.1 Å². The molecule has 5 heteroatoms. The number of hydrogen-bond donors (Lipinski definition) is 1. The molecule has 5 nitrogen and oxygen atoms in total. The van der Waals surface area contributed by atoms with Crippen LogP contribution in [0.1, 0.15) is 59.9 Å². The van der Waals surface area contributed by atoms with Crippen molar-refractivity contribution in [1.82, 2.24) is 14.8 Å². The Morgan fingerprint density at radius 3 is 2.50 bits per heavy atom. The van der Waals surface area contributed by atoms with Gasteiger partial charge in [0.25, 0.3) is 5.91 Å². The van der Waals surface area contributed by atoms with Gasteiger partial charge in [-0.05, 0) is 76.0 Å². The van der Waals surface area contributed by atoms with Gasteiger partial charge >= 0.3 is 0 Å². The molecule has 1 aliphatic rings. The maximum atomic E-state index is 12.8. The molecular weight excluding hydrogens is 372 g/mol. The number of amides is 1. The van der Waals surface area contributed by atoms with Gasteiger partial charge in [0.15, 0.2) is 0 Å². The van der Waals surface area contributed by atoms with E-state index < -0.39 is 0 Å². The molecule has 0 bridgehead atoms. The van der Waals surface area contributed by atoms with Crippen LogP contribution in [0.5, 0.6) is 0 Å². The fraction of sp³-hybridized carbons (Fsp3) is 0.440. The zero-order valence-corrected chi connectivity index (χ0v) is 18.7. The Kier molecular flexibility index (Phi) is 6.79. The van der Waals surface area contributed by atoms with Crippen molar-refractivity contribution in [3.05, 3.63) is 64.0 Å². The SMILES string of the molecule is CCc1ccc([C@H](CNC(=O)/C(C#N)=C\c2cc(C)n(C3CC3)c2C)N(C)C)cc1. The number of nitrogens with one attached hydrogen (secondary N) is 1. The van der Waals surface area contributed by atoms with E-state index in [0.717, 1.165) is 23.2 Å². The van der Waals surface area contributed by atoms with Crippen LogP contribution in [0.15, 0.2) is 35.9 Å². The van der Waals surface area contributed by atoms with Crippen molar-refractivity contribution in [2.24, 2.45) is 0 Å². The highest BCUT2D eigenvalue weighted by Crippen LogP contribution is 2.38. The van der Waals surface area contributed by atoms with E-state index in [1.807, 2.05) is 14.1 Å². The molecule has 158 valence electrons. The second-order valence-corrected chi connectivity index (χ2v) is 8.38. The second kappa shape index (κ2) is 9.32. The van der Waals surface area contributed by atoms with Gasteiger partial charge in [-0.3, -0.25) is 4.79 Å². The van der Waals surface area contributed by atoms with Gasteiger partial charge in [0.05, 0.1) is 6.04 Å². The molecule has 1 atom stereocenters. The highest BCUT2D eigenvalue weighted by molar-refractivity contribution is 6.01. The quantitative estimate of drug-likeness (QED) is 0.526. The van der Waals surface area contributed by atoms with E-state index in [2.05, 4.69) is 72.0 Å². The third-order valence-corrected chi connectivity index (χ3v) is 5.95. The van der Waals surface area contributed by atoms with E-state index >= 15 is 0 Å². The molecule has 0 radical (unpaired) electrons. The van der Waals surface area contributed by atoms with Crippen LogP contribution in [0.4, 0.5) is 0 Å². The van der Waals surface area contributed by atoms with Crippen LogP contribution in [-0.2, 0) is 11.2 Å². The summed E-state index contributed by atoms with van der Waals surface area (Å²) in [5, 5.41) is 12.6. The average Bonchev–Trinajstić information content (AvgIpc) is 3.51. The lowest BCUT2D eigenvalue weighted by Crippen LogP contribution is -2.35. The first-order chi connectivity index (χ1) is 14.3. The Hall–Kier alpha value is -2.84. The normalized spacial score (nSPS) is 15.2. The molecule has 1 saturated carbocycles. The number of aryl methyl sites for hydroxylation is 2. The van der Waals surface area contributed by atoms with Crippen LogP contribution in [0.25, 0.3) is 6.08 Å². The minimum absolute atomic E-state index is 0.0414. The average molecular weight is 405 g/mol. The smallest absolute Gasteiger partial charge is 0.262 e. The fourth-order valence-electron chi connectivity index (χ4n) is 4.01. The van der Waals surface area contributed by atoms with Crippen molar-refractivity contribution in [2.75, 3.05) is 20.6 Å². The van der Waals surface area contributed by atoms with Crippen molar-refractivity contribution < 1.29 is 4.79 Å². The number of likely N-dealkylation sites (N-methyl/N-ethyl adjacent to an activating group) is 1. The lowest BCUT2D eigenvalue weighted by atomic mass is 10.0. The molecule has 0 saturated heterocycles. The lowest BCUT2D eigenvalue weighted by Gasteiger charge is -2.25. The van der Waals surface area contributed by atoms with Crippen molar-refractivity contribution in [1.29, 1.82) is 5.26 Å². The molecule has 1 N–H and O–H groups in total. The van der Waals surface area contributed by atoms with Crippen LogP contribution in [0.3, 0.4) is 0 Å². The summed E-state index contributed by atoms with van der Waals surface area (Å²) in [5.74, 6) is -0.328. The van der Waals surface area contributed by atoms with E-state index in [-0.39, 0.29) is 17.5 Å². The molecule has 0 spiro atoms. The summed E-state index contributed by atoms with van der Waals surface area (Å²) in [4.78, 5) is 14.8. The topological polar surface area (TPSA) is 61.1 Å². The minimum Gasteiger partial charge on any atom is -0.349 e. The van der Waals surface area contributed by atoms with Crippen molar-refractivity contribution in [3.63, 3.8) is 0 Å². The highest BCUT2D eigenvalue weighted by Gasteiger charge is 2.27. The molecule has 1 aliphatic carbocycles. The number of nitrogens with zero attached hydrogens (tertiary/aromatic N) is 3. The number of carbonyl (C=O) groups excluding carboxylic acids is 1. The van der Waals surface area contributed by atoms with Gasteiger partial charge in [-0.2, -0.15) is 5.26 Å². The molecule has 1 aromatic heterocycles. The Bertz CT molecular complexity index is 972. The molecule has 30 heavy (non-hydrogen) atoms. The van der Waals surface area contributed by atoms with Gasteiger partial charge in [-0.1, -0.05) is 31.2 Å². The van der Waals surface area contributed by atoms with Crippen LogP contribution >= 0.6 is 0 Å². The molecular formula is C25H32N4O. The molecule has 0 aliphatic heterocycles. The number of benzene rings is 1. The van der Waals surface area contributed by atoms with Crippen molar-refractivity contribution >= 4 is 12.0 Å². The zero-order valence-electron chi connectivity index (χ0n) is 18.7. The van der Waals surface area contributed by atoms with Crippen molar-refractivity contribution in [2.45, 2.75) is 52.1 Å². The Morgan fingerprint density at radius 2 is 1.97 bits per heavy atom. The maximum absolute atomic E-state index is 12.8. The predicted molar refractivity (Wildman–Crippen MR) is 121 cm³/mol. The Labute approximate surface area is 180 Å². The predicted octanol–water partition coefficient (Wildman–Crippen LogP) is 4.33. The fourth-order valence-corrected chi connectivity index (χ4v) is 4.01. The first-order valence-electron chi connectivity index (χ1n) is 10.7. The Morgan fingerprint density at radius 1 is 1.30 bits per heavy atom. The summed E-state index contributed by atoms with van der Waals surface area (Å²) in [7, 11) is 4.00. The van der Waals surface area contributed by atoms with Gasteiger partial charge in [0, 0.05) is 24.0 Å². The molecule has 2 aromatic rings. The largest absolute Gasteiger partial charge is 0.349 e. The summed E-state index contributed by atoms with van der Waals surface area (Å²) in [5.41, 5.74) is 5.84. The second-order valence-electron chi connectivity index (χ2n) is 8.38. The molecule has 1 aromatic carbocycles. The third kappa shape index (κ3) is 4.83. The van der Waals surface area contributed by atoms with E-state index in [1.54, 1.807) is 6.08 Å². The van der Waals surface area contributed by atoms with Gasteiger partial charge in [0.1, 0.15) is 11.6 Å². The monoisotopic (exact) mass is 404 g/mol. The summed E-state index contributed by atoms with van der Waals surface area (Å²) >= 11 is 0. The number of aromatic nitrogens is 1. The Balaban J connectivity index is 1.73. The van der Waals surface area contributed by atoms with Crippen LogP contribution in [-0.4, -0.2) is 36.0 Å². The third-order valence-electron chi connectivity index (χ3n) is 5.95. The lowest BCUT2D eigenvalue weighted by molar-refractivity contribution is -0.117. The number of carbonyl (C=O) groups is 1. The first-order valence-corrected chi connectivity index (χ1v) is 10.7. The molecule has 1 amide bonds. The molecule has 3 rings (SSSR count). The zero-order chi connectivity index (χ0) is 21.8. The summed E-state index contributed by atoms with van der Waals surface area (Å²) in [6.07, 6.45) is 5.13. The molecule has 1 fully saturated rings. The minimum atomic E-state index is -0.328. The summed E-state index contributed by atoms with van der Waals surface area (Å²) in [6, 6.07) is 13.3. The van der Waals surface area contributed by atoms with Gasteiger partial charge in [0.2, 0.25) is 0 Å². The summed E-state index contributed by atoms with van der Waals surface area (Å²) in [6.45, 7) is 6.72. The van der Waals surface area contributed by atoms with E-state index in [1.165, 1.54) is 24.1 Å².